The zero-order valence-corrected chi connectivity index (χ0v) is 17.6. The van der Waals surface area contributed by atoms with Gasteiger partial charge in [0.2, 0.25) is 5.91 Å². The molecule has 0 atom stereocenters. The fraction of sp³-hybridized carbons (Fsp3) is 0.875. The Labute approximate surface area is 163 Å². The summed E-state index contributed by atoms with van der Waals surface area (Å²) in [6, 6.07) is 0. The average Bonchev–Trinajstić information content (AvgIpc) is 3.42. The van der Waals surface area contributed by atoms with Gasteiger partial charge in [-0.15, -0.1) is 0 Å². The Balaban J connectivity index is 1.73. The van der Waals surface area contributed by atoms with Crippen molar-refractivity contribution in [3.8, 4) is 0 Å². The van der Waals surface area contributed by atoms with Crippen molar-refractivity contribution >= 4 is 5.91 Å². The second-order valence-electron chi connectivity index (χ2n) is 8.54. The van der Waals surface area contributed by atoms with E-state index in [9.17, 15) is 4.79 Å². The maximum atomic E-state index is 11.3. The number of unbranched alkanes of at least 4 members (excludes halogenated alkanes) is 14. The number of primary amides is 1. The molecule has 2 N–H and O–H groups in total. The van der Waals surface area contributed by atoms with Crippen molar-refractivity contribution in [3.05, 3.63) is 12.2 Å². The number of hydrogen-bond donors (Lipinski definition) is 1. The summed E-state index contributed by atoms with van der Waals surface area (Å²) < 4.78 is 0. The van der Waals surface area contributed by atoms with Crippen LogP contribution in [0.5, 0.6) is 0 Å². The van der Waals surface area contributed by atoms with Crippen LogP contribution in [-0.4, -0.2) is 5.91 Å². The molecule has 0 aliphatic heterocycles. The zero-order valence-electron chi connectivity index (χ0n) is 17.6. The quantitative estimate of drug-likeness (QED) is 0.188. The molecular formula is C24H45NO. The van der Waals surface area contributed by atoms with Gasteiger partial charge in [0.05, 0.1) is 0 Å². The standard InChI is InChI=1S/C24H45NO/c1-2-3-4-5-6-7-8-9-10-11-12-13-14-15-16-17-18-19-20-24(21-22-24)23(25)26/h9-10H,2-8,11-22H2,1H3,(H2,25,26)/b10-9-. The molecule has 2 heteroatoms. The Hall–Kier alpha value is -0.790. The van der Waals surface area contributed by atoms with Gasteiger partial charge in [0.25, 0.3) is 0 Å². The lowest BCUT2D eigenvalue weighted by atomic mass is 9.97. The molecule has 0 saturated heterocycles. The molecule has 152 valence electrons. The van der Waals surface area contributed by atoms with Gasteiger partial charge in [-0.1, -0.05) is 96.1 Å². The molecule has 0 aromatic heterocycles. The van der Waals surface area contributed by atoms with E-state index < -0.39 is 0 Å². The van der Waals surface area contributed by atoms with Gasteiger partial charge in [0.1, 0.15) is 0 Å². The monoisotopic (exact) mass is 363 g/mol. The second kappa shape index (κ2) is 15.3. The number of rotatable bonds is 19. The first-order valence-corrected chi connectivity index (χ1v) is 11.7. The SMILES string of the molecule is CCCCCCCC/C=C\CCCCCCCCCCC1(C(N)=O)CC1. The molecule has 1 aliphatic rings. The molecule has 1 rings (SSSR count). The summed E-state index contributed by atoms with van der Waals surface area (Å²) in [5, 5.41) is 0. The van der Waals surface area contributed by atoms with Crippen LogP contribution in [-0.2, 0) is 4.79 Å². The predicted molar refractivity (Wildman–Crippen MR) is 114 cm³/mol. The van der Waals surface area contributed by atoms with Gasteiger partial charge in [-0.2, -0.15) is 0 Å². The van der Waals surface area contributed by atoms with Crippen molar-refractivity contribution in [1.82, 2.24) is 0 Å². The van der Waals surface area contributed by atoms with E-state index in [1.807, 2.05) is 0 Å². The van der Waals surface area contributed by atoms with Crippen LogP contribution in [0.2, 0.25) is 0 Å². The fourth-order valence-electron chi connectivity index (χ4n) is 3.83. The minimum Gasteiger partial charge on any atom is -0.369 e. The topological polar surface area (TPSA) is 43.1 Å². The number of carbonyl (C=O) groups is 1. The van der Waals surface area contributed by atoms with E-state index in [1.165, 1.54) is 103 Å². The van der Waals surface area contributed by atoms with Crippen LogP contribution >= 0.6 is 0 Å². The highest BCUT2D eigenvalue weighted by Gasteiger charge is 2.47. The van der Waals surface area contributed by atoms with Crippen LogP contribution in [0, 0.1) is 5.41 Å². The summed E-state index contributed by atoms with van der Waals surface area (Å²) in [6.45, 7) is 2.28. The highest BCUT2D eigenvalue weighted by Crippen LogP contribution is 2.49. The summed E-state index contributed by atoms with van der Waals surface area (Å²) in [5.74, 6) is -0.0569. The van der Waals surface area contributed by atoms with Crippen LogP contribution in [0.25, 0.3) is 0 Å². The highest BCUT2D eigenvalue weighted by atomic mass is 16.1. The van der Waals surface area contributed by atoms with Crippen molar-refractivity contribution in [2.45, 2.75) is 129 Å². The van der Waals surface area contributed by atoms with Gasteiger partial charge >= 0.3 is 0 Å². The molecule has 0 aromatic carbocycles. The van der Waals surface area contributed by atoms with Crippen LogP contribution in [0.1, 0.15) is 129 Å². The van der Waals surface area contributed by atoms with Crippen LogP contribution in [0.3, 0.4) is 0 Å². The first-order chi connectivity index (χ1) is 12.7. The Morgan fingerprint density at radius 1 is 0.731 bits per heavy atom. The number of nitrogens with two attached hydrogens (primary N) is 1. The van der Waals surface area contributed by atoms with E-state index >= 15 is 0 Å². The van der Waals surface area contributed by atoms with Crippen molar-refractivity contribution < 1.29 is 4.79 Å². The maximum absolute atomic E-state index is 11.3. The van der Waals surface area contributed by atoms with Crippen molar-refractivity contribution in [2.24, 2.45) is 11.1 Å². The van der Waals surface area contributed by atoms with Gasteiger partial charge in [0, 0.05) is 5.41 Å². The Bertz CT molecular complexity index is 370. The molecule has 0 bridgehead atoms. The summed E-state index contributed by atoms with van der Waals surface area (Å²) in [6.07, 6.45) is 29.5. The molecule has 1 amide bonds. The zero-order chi connectivity index (χ0) is 18.9. The van der Waals surface area contributed by atoms with Crippen molar-refractivity contribution in [1.29, 1.82) is 0 Å². The van der Waals surface area contributed by atoms with E-state index in [2.05, 4.69) is 19.1 Å². The molecular weight excluding hydrogens is 318 g/mol. The molecule has 26 heavy (non-hydrogen) atoms. The molecule has 1 saturated carbocycles. The Morgan fingerprint density at radius 2 is 1.15 bits per heavy atom. The molecule has 0 spiro atoms. The normalized spacial score (nSPS) is 15.6. The van der Waals surface area contributed by atoms with Gasteiger partial charge in [-0.25, -0.2) is 0 Å². The molecule has 1 fully saturated rings. The molecule has 0 heterocycles. The third-order valence-corrected chi connectivity index (χ3v) is 6.04. The van der Waals surface area contributed by atoms with Crippen LogP contribution in [0.4, 0.5) is 0 Å². The third kappa shape index (κ3) is 11.8. The van der Waals surface area contributed by atoms with E-state index in [-0.39, 0.29) is 11.3 Å². The van der Waals surface area contributed by atoms with Crippen LogP contribution < -0.4 is 5.73 Å². The van der Waals surface area contributed by atoms with E-state index in [4.69, 9.17) is 5.73 Å². The van der Waals surface area contributed by atoms with E-state index in [1.54, 1.807) is 0 Å². The summed E-state index contributed by atoms with van der Waals surface area (Å²) in [4.78, 5) is 11.3. The number of amides is 1. The summed E-state index contributed by atoms with van der Waals surface area (Å²) in [7, 11) is 0. The lowest BCUT2D eigenvalue weighted by molar-refractivity contribution is -0.123. The maximum Gasteiger partial charge on any atom is 0.223 e. The molecule has 0 aromatic rings. The molecule has 2 nitrogen and oxygen atoms in total. The second-order valence-corrected chi connectivity index (χ2v) is 8.54. The Kier molecular flexibility index (Phi) is 13.7. The smallest absolute Gasteiger partial charge is 0.223 e. The van der Waals surface area contributed by atoms with Crippen molar-refractivity contribution in [3.63, 3.8) is 0 Å². The first kappa shape index (κ1) is 23.2. The molecule has 1 aliphatic carbocycles. The third-order valence-electron chi connectivity index (χ3n) is 6.04. The van der Waals surface area contributed by atoms with Crippen molar-refractivity contribution in [2.75, 3.05) is 0 Å². The number of carbonyl (C=O) groups excluding carboxylic acids is 1. The summed E-state index contributed by atoms with van der Waals surface area (Å²) >= 11 is 0. The van der Waals surface area contributed by atoms with E-state index in [0.717, 1.165) is 19.3 Å². The predicted octanol–water partition coefficient (Wildman–Crippen LogP) is 7.46. The fourth-order valence-corrected chi connectivity index (χ4v) is 3.83. The van der Waals surface area contributed by atoms with Crippen LogP contribution in [0.15, 0.2) is 12.2 Å². The average molecular weight is 364 g/mol. The molecule has 0 radical (unpaired) electrons. The highest BCUT2D eigenvalue weighted by molar-refractivity contribution is 5.83. The lowest BCUT2D eigenvalue weighted by Gasteiger charge is -2.09. The number of hydrogen-bond acceptors (Lipinski definition) is 1. The van der Waals surface area contributed by atoms with Gasteiger partial charge < -0.3 is 5.73 Å². The van der Waals surface area contributed by atoms with Gasteiger partial charge in [-0.3, -0.25) is 4.79 Å². The first-order valence-electron chi connectivity index (χ1n) is 11.7. The number of allylic oxidation sites excluding steroid dienone is 2. The van der Waals surface area contributed by atoms with Gasteiger partial charge in [-0.05, 0) is 44.9 Å². The largest absolute Gasteiger partial charge is 0.369 e. The lowest BCUT2D eigenvalue weighted by Crippen LogP contribution is -2.24. The van der Waals surface area contributed by atoms with E-state index in [0.29, 0.717) is 0 Å². The summed E-state index contributed by atoms with van der Waals surface area (Å²) in [5.41, 5.74) is 5.38. The minimum absolute atomic E-state index is 0.0569. The minimum atomic E-state index is -0.0808. The Morgan fingerprint density at radius 3 is 1.58 bits per heavy atom. The van der Waals surface area contributed by atoms with Gasteiger partial charge in [0.15, 0.2) is 0 Å². The molecule has 0 unspecified atom stereocenters.